The van der Waals surface area contributed by atoms with E-state index in [0.717, 1.165) is 41.9 Å². The summed E-state index contributed by atoms with van der Waals surface area (Å²) in [6.45, 7) is 2.83. The van der Waals surface area contributed by atoms with E-state index in [0.29, 0.717) is 0 Å². The highest BCUT2D eigenvalue weighted by Gasteiger charge is 2.19. The average molecular weight is 317 g/mol. The van der Waals surface area contributed by atoms with Gasteiger partial charge in [-0.05, 0) is 6.26 Å². The van der Waals surface area contributed by atoms with E-state index >= 15 is 0 Å². The molecule has 0 atom stereocenters. The predicted octanol–water partition coefficient (Wildman–Crippen LogP) is 2.47. The number of nitrogens with zero attached hydrogens (tertiary/aromatic N) is 5. The summed E-state index contributed by atoms with van der Waals surface area (Å²) in [7, 11) is 0. The summed E-state index contributed by atoms with van der Waals surface area (Å²) in [6, 6.07) is 0. The molecule has 0 unspecified atom stereocenters. The van der Waals surface area contributed by atoms with Gasteiger partial charge in [0, 0.05) is 55.6 Å². The van der Waals surface area contributed by atoms with E-state index < -0.39 is 0 Å². The minimum absolute atomic E-state index is 0.872. The van der Waals surface area contributed by atoms with E-state index in [9.17, 15) is 0 Å². The van der Waals surface area contributed by atoms with Gasteiger partial charge in [0.25, 0.3) is 0 Å². The van der Waals surface area contributed by atoms with Crippen molar-refractivity contribution in [2.45, 2.75) is 24.7 Å². The van der Waals surface area contributed by atoms with Crippen LogP contribution in [0, 0.1) is 0 Å². The molecule has 0 fully saturated rings. The summed E-state index contributed by atoms with van der Waals surface area (Å²) in [5.74, 6) is 0. The fraction of sp³-hybridized carbons (Fsp3) is 0.357. The molecule has 4 rings (SSSR count). The molecule has 0 aromatic carbocycles. The maximum Gasteiger partial charge on any atom is 0.193 e. The quantitative estimate of drug-likeness (QED) is 0.548. The zero-order valence-electron chi connectivity index (χ0n) is 11.7. The van der Waals surface area contributed by atoms with Crippen molar-refractivity contribution in [3.63, 3.8) is 0 Å². The largest absolute Gasteiger partial charge is 0.297 e. The van der Waals surface area contributed by atoms with Crippen molar-refractivity contribution in [2.24, 2.45) is 0 Å². The Kier molecular flexibility index (Phi) is 3.40. The SMILES string of the molecule is CSc1ncc2c(n1)CCN(Cc1cn3ccsc3n1)C2. The van der Waals surface area contributed by atoms with Crippen LogP contribution >= 0.6 is 23.1 Å². The van der Waals surface area contributed by atoms with Crippen molar-refractivity contribution in [1.82, 2.24) is 24.3 Å². The summed E-state index contributed by atoms with van der Waals surface area (Å²) >= 11 is 3.27. The van der Waals surface area contributed by atoms with E-state index in [2.05, 4.69) is 42.0 Å². The highest BCUT2D eigenvalue weighted by atomic mass is 32.2. The fourth-order valence-corrected chi connectivity index (χ4v) is 3.75. The first-order valence-electron chi connectivity index (χ1n) is 6.84. The summed E-state index contributed by atoms with van der Waals surface area (Å²) in [6.07, 6.45) is 9.16. The molecule has 0 saturated heterocycles. The Labute approximate surface area is 131 Å². The molecule has 0 radical (unpaired) electrons. The van der Waals surface area contributed by atoms with Crippen molar-refractivity contribution in [1.29, 1.82) is 0 Å². The predicted molar refractivity (Wildman–Crippen MR) is 84.7 cm³/mol. The number of imidazole rings is 1. The van der Waals surface area contributed by atoms with Crippen LogP contribution in [-0.4, -0.2) is 37.1 Å². The van der Waals surface area contributed by atoms with Crippen LogP contribution in [0.2, 0.25) is 0 Å². The summed E-state index contributed by atoms with van der Waals surface area (Å²) in [4.78, 5) is 17.1. The second kappa shape index (κ2) is 5.40. The van der Waals surface area contributed by atoms with Crippen molar-refractivity contribution in [3.05, 3.63) is 40.9 Å². The zero-order chi connectivity index (χ0) is 14.2. The van der Waals surface area contributed by atoms with Gasteiger partial charge in [-0.2, -0.15) is 0 Å². The number of rotatable bonds is 3. The molecule has 0 amide bonds. The lowest BCUT2D eigenvalue weighted by Gasteiger charge is -2.27. The Hall–Kier alpha value is -1.44. The molecular weight excluding hydrogens is 302 g/mol. The van der Waals surface area contributed by atoms with E-state index in [1.807, 2.05) is 12.5 Å². The summed E-state index contributed by atoms with van der Waals surface area (Å²) in [5, 5.41) is 2.93. The molecule has 0 saturated carbocycles. The van der Waals surface area contributed by atoms with E-state index in [1.165, 1.54) is 11.3 Å². The maximum absolute atomic E-state index is 4.66. The second-order valence-corrected chi connectivity index (χ2v) is 6.76. The molecule has 0 aliphatic carbocycles. The van der Waals surface area contributed by atoms with Gasteiger partial charge in [0.2, 0.25) is 0 Å². The van der Waals surface area contributed by atoms with Crippen LogP contribution in [0.3, 0.4) is 0 Å². The Morgan fingerprint density at radius 2 is 2.33 bits per heavy atom. The molecule has 0 N–H and O–H groups in total. The third-order valence-corrected chi connectivity index (χ3v) is 5.03. The Morgan fingerprint density at radius 1 is 1.38 bits per heavy atom. The smallest absolute Gasteiger partial charge is 0.193 e. The lowest BCUT2D eigenvalue weighted by atomic mass is 10.1. The van der Waals surface area contributed by atoms with Crippen LogP contribution in [-0.2, 0) is 19.5 Å². The monoisotopic (exact) mass is 317 g/mol. The van der Waals surface area contributed by atoms with Crippen LogP contribution < -0.4 is 0 Å². The highest BCUT2D eigenvalue weighted by molar-refractivity contribution is 7.98. The average Bonchev–Trinajstić information content (AvgIpc) is 3.08. The maximum atomic E-state index is 4.66. The van der Waals surface area contributed by atoms with E-state index in [4.69, 9.17) is 0 Å². The highest BCUT2D eigenvalue weighted by Crippen LogP contribution is 2.21. The summed E-state index contributed by atoms with van der Waals surface area (Å²) in [5.41, 5.74) is 3.59. The van der Waals surface area contributed by atoms with Gasteiger partial charge in [-0.1, -0.05) is 11.8 Å². The van der Waals surface area contributed by atoms with Gasteiger partial charge < -0.3 is 0 Å². The van der Waals surface area contributed by atoms with Gasteiger partial charge in [0.15, 0.2) is 10.1 Å². The number of thiazole rings is 1. The first-order chi connectivity index (χ1) is 10.3. The number of aromatic nitrogens is 4. The molecular formula is C14H15N5S2. The second-order valence-electron chi connectivity index (χ2n) is 5.11. The topological polar surface area (TPSA) is 46.3 Å². The molecule has 0 bridgehead atoms. The minimum atomic E-state index is 0.872. The van der Waals surface area contributed by atoms with Crippen LogP contribution in [0.25, 0.3) is 4.96 Å². The Balaban J connectivity index is 1.51. The van der Waals surface area contributed by atoms with Gasteiger partial charge in [0.05, 0.1) is 11.4 Å². The van der Waals surface area contributed by atoms with Crippen LogP contribution in [0.1, 0.15) is 17.0 Å². The first kappa shape index (κ1) is 13.2. The number of fused-ring (bicyclic) bond motifs is 2. The molecule has 0 spiro atoms. The van der Waals surface area contributed by atoms with Crippen molar-refractivity contribution in [2.75, 3.05) is 12.8 Å². The normalized spacial score (nSPS) is 15.5. The standard InChI is InChI=1S/C14H15N5S2/c1-20-13-15-6-10-7-18(3-2-12(10)17-13)8-11-9-19-4-5-21-14(19)16-11/h4-6,9H,2-3,7-8H2,1H3. The van der Waals surface area contributed by atoms with Crippen LogP contribution in [0.15, 0.2) is 29.1 Å². The zero-order valence-corrected chi connectivity index (χ0v) is 13.3. The lowest BCUT2D eigenvalue weighted by Crippen LogP contribution is -2.31. The number of hydrogen-bond acceptors (Lipinski definition) is 6. The van der Waals surface area contributed by atoms with Crippen molar-refractivity contribution in [3.8, 4) is 0 Å². The first-order valence-corrected chi connectivity index (χ1v) is 8.94. The van der Waals surface area contributed by atoms with Crippen LogP contribution in [0.5, 0.6) is 0 Å². The molecule has 1 aliphatic rings. The Morgan fingerprint density at radius 3 is 3.19 bits per heavy atom. The molecule has 108 valence electrons. The molecule has 3 aromatic rings. The third kappa shape index (κ3) is 2.56. The van der Waals surface area contributed by atoms with Gasteiger partial charge in [0.1, 0.15) is 0 Å². The molecule has 7 heteroatoms. The molecule has 3 aromatic heterocycles. The minimum Gasteiger partial charge on any atom is -0.297 e. The molecule has 4 heterocycles. The Bertz CT molecular complexity index is 750. The van der Waals surface area contributed by atoms with Crippen molar-refractivity contribution >= 4 is 28.1 Å². The number of thioether (sulfide) groups is 1. The lowest BCUT2D eigenvalue weighted by molar-refractivity contribution is 0.239. The van der Waals surface area contributed by atoms with Gasteiger partial charge in [-0.25, -0.2) is 15.0 Å². The summed E-state index contributed by atoms with van der Waals surface area (Å²) < 4.78 is 2.09. The van der Waals surface area contributed by atoms with Crippen molar-refractivity contribution < 1.29 is 0 Å². The third-order valence-electron chi connectivity index (χ3n) is 3.70. The fourth-order valence-electron chi connectivity index (χ4n) is 2.67. The number of hydrogen-bond donors (Lipinski definition) is 0. The van der Waals surface area contributed by atoms with E-state index in [-0.39, 0.29) is 0 Å². The van der Waals surface area contributed by atoms with Gasteiger partial charge >= 0.3 is 0 Å². The van der Waals surface area contributed by atoms with Gasteiger partial charge in [-0.15, -0.1) is 11.3 Å². The van der Waals surface area contributed by atoms with E-state index in [1.54, 1.807) is 23.1 Å². The molecule has 1 aliphatic heterocycles. The molecule has 5 nitrogen and oxygen atoms in total. The van der Waals surface area contributed by atoms with Crippen LogP contribution in [0.4, 0.5) is 0 Å². The van der Waals surface area contributed by atoms with Gasteiger partial charge in [-0.3, -0.25) is 9.30 Å². The molecule has 21 heavy (non-hydrogen) atoms.